The predicted molar refractivity (Wildman–Crippen MR) is 53.7 cm³/mol. The van der Waals surface area contributed by atoms with Crippen molar-refractivity contribution in [2.75, 3.05) is 0 Å². The fourth-order valence-electron chi connectivity index (χ4n) is 0.834. The van der Waals surface area contributed by atoms with E-state index in [2.05, 4.69) is 26.7 Å². The summed E-state index contributed by atoms with van der Waals surface area (Å²) in [5.41, 5.74) is 1.53. The molecule has 1 heterocycles. The van der Waals surface area contributed by atoms with Crippen molar-refractivity contribution in [1.82, 2.24) is 9.97 Å². The lowest BCUT2D eigenvalue weighted by Crippen LogP contribution is -1.87. The van der Waals surface area contributed by atoms with Crippen molar-refractivity contribution in [2.24, 2.45) is 9.98 Å². The number of hydrogen-bond donors (Lipinski definition) is 0. The van der Waals surface area contributed by atoms with Gasteiger partial charge in [-0.25, -0.2) is 15.0 Å². The molecular weight excluding hydrogens is 164 g/mol. The van der Waals surface area contributed by atoms with E-state index in [0.717, 1.165) is 11.4 Å². The van der Waals surface area contributed by atoms with E-state index < -0.39 is 0 Å². The Morgan fingerprint density at radius 2 is 2.46 bits per heavy atom. The molecule has 1 rings (SSSR count). The van der Waals surface area contributed by atoms with Gasteiger partial charge in [0, 0.05) is 6.20 Å². The number of hydrogen-bond acceptors (Lipinski definition) is 3. The molecule has 0 saturated carbocycles. The van der Waals surface area contributed by atoms with E-state index in [1.807, 2.05) is 13.0 Å². The van der Waals surface area contributed by atoms with Crippen molar-refractivity contribution in [1.29, 1.82) is 0 Å². The van der Waals surface area contributed by atoms with Crippen molar-refractivity contribution in [2.45, 2.75) is 6.92 Å². The maximum Gasteiger partial charge on any atom is 0.116 e. The Balaban J connectivity index is 2.92. The summed E-state index contributed by atoms with van der Waals surface area (Å²) in [5, 5.41) is 0. The molecule has 0 unspecified atom stereocenters. The summed E-state index contributed by atoms with van der Waals surface area (Å²) in [5.74, 6) is 0. The van der Waals surface area contributed by atoms with Gasteiger partial charge in [-0.3, -0.25) is 4.99 Å². The minimum Gasteiger partial charge on any atom is -0.253 e. The second-order valence-corrected chi connectivity index (χ2v) is 2.20. The highest BCUT2D eigenvalue weighted by Gasteiger charge is 1.96. The van der Waals surface area contributed by atoms with Gasteiger partial charge in [-0.05, 0) is 19.7 Å². The van der Waals surface area contributed by atoms with Crippen LogP contribution in [0.25, 0.3) is 5.70 Å². The fourth-order valence-corrected chi connectivity index (χ4v) is 0.834. The van der Waals surface area contributed by atoms with E-state index in [-0.39, 0.29) is 0 Å². The van der Waals surface area contributed by atoms with Crippen LogP contribution in [0.4, 0.5) is 0 Å². The van der Waals surface area contributed by atoms with Crippen molar-refractivity contribution >= 4 is 18.8 Å². The van der Waals surface area contributed by atoms with Crippen LogP contribution < -0.4 is 0 Å². The molecule has 4 nitrogen and oxygen atoms in total. The largest absolute Gasteiger partial charge is 0.253 e. The molecule has 0 aliphatic heterocycles. The first-order chi connectivity index (χ1) is 6.38. The van der Waals surface area contributed by atoms with Crippen LogP contribution in [0.2, 0.25) is 0 Å². The van der Waals surface area contributed by atoms with Crippen molar-refractivity contribution in [3.63, 3.8) is 0 Å². The Kier molecular flexibility index (Phi) is 3.50. The molecule has 0 amide bonds. The fraction of sp³-hybridized carbons (Fsp3) is 0.111. The van der Waals surface area contributed by atoms with Crippen molar-refractivity contribution in [3.8, 4) is 0 Å². The Labute approximate surface area is 76.8 Å². The topological polar surface area (TPSA) is 50.5 Å². The van der Waals surface area contributed by atoms with Crippen molar-refractivity contribution < 1.29 is 0 Å². The van der Waals surface area contributed by atoms with Gasteiger partial charge in [-0.15, -0.1) is 0 Å². The second kappa shape index (κ2) is 4.92. The number of allylic oxidation sites excluding steroid dienone is 1. The van der Waals surface area contributed by atoms with Gasteiger partial charge < -0.3 is 0 Å². The first-order valence-corrected chi connectivity index (χ1v) is 3.79. The number of aliphatic imine (C=N–C) groups is 2. The minimum atomic E-state index is 0.759. The Morgan fingerprint density at radius 1 is 1.62 bits per heavy atom. The highest BCUT2D eigenvalue weighted by molar-refractivity contribution is 5.73. The number of nitrogens with zero attached hydrogens (tertiary/aromatic N) is 4. The molecule has 0 aliphatic carbocycles. The van der Waals surface area contributed by atoms with Crippen LogP contribution in [-0.4, -0.2) is 23.0 Å². The summed E-state index contributed by atoms with van der Waals surface area (Å²) in [6, 6.07) is 1.79. The molecule has 0 aromatic carbocycles. The van der Waals surface area contributed by atoms with Crippen LogP contribution in [0.15, 0.2) is 34.7 Å². The van der Waals surface area contributed by atoms with Crippen LogP contribution in [-0.2, 0) is 0 Å². The number of rotatable bonds is 3. The third-order valence-corrected chi connectivity index (χ3v) is 1.40. The van der Waals surface area contributed by atoms with Gasteiger partial charge in [0.25, 0.3) is 0 Å². The number of aromatic nitrogens is 2. The van der Waals surface area contributed by atoms with Gasteiger partial charge in [0.1, 0.15) is 12.7 Å². The zero-order chi connectivity index (χ0) is 9.52. The van der Waals surface area contributed by atoms with Crippen LogP contribution in [0.1, 0.15) is 12.6 Å². The molecule has 0 saturated heterocycles. The Bertz CT molecular complexity index is 327. The van der Waals surface area contributed by atoms with Crippen LogP contribution in [0.3, 0.4) is 0 Å². The summed E-state index contributed by atoms with van der Waals surface area (Å²) >= 11 is 0. The zero-order valence-electron chi connectivity index (χ0n) is 7.38. The molecule has 1 aromatic heterocycles. The summed E-state index contributed by atoms with van der Waals surface area (Å²) in [6.45, 7) is 5.19. The second-order valence-electron chi connectivity index (χ2n) is 2.20. The normalized spacial score (nSPS) is 11.9. The van der Waals surface area contributed by atoms with E-state index in [0.29, 0.717) is 0 Å². The van der Waals surface area contributed by atoms with Gasteiger partial charge >= 0.3 is 0 Å². The SMILES string of the molecule is C=N/C=N\C(=C/C)c1ccncn1. The summed E-state index contributed by atoms with van der Waals surface area (Å²) in [4.78, 5) is 15.4. The molecule has 0 atom stereocenters. The first-order valence-electron chi connectivity index (χ1n) is 3.79. The van der Waals surface area contributed by atoms with Gasteiger partial charge in [0.2, 0.25) is 0 Å². The van der Waals surface area contributed by atoms with Crippen LogP contribution >= 0.6 is 0 Å². The van der Waals surface area contributed by atoms with E-state index >= 15 is 0 Å². The van der Waals surface area contributed by atoms with Crippen LogP contribution in [0, 0.1) is 0 Å². The smallest absolute Gasteiger partial charge is 0.116 e. The van der Waals surface area contributed by atoms with Gasteiger partial charge in [0.15, 0.2) is 0 Å². The predicted octanol–water partition coefficient (Wildman–Crippen LogP) is 1.57. The molecule has 1 aromatic rings. The van der Waals surface area contributed by atoms with E-state index in [4.69, 9.17) is 0 Å². The molecule has 0 aliphatic rings. The monoisotopic (exact) mass is 174 g/mol. The zero-order valence-corrected chi connectivity index (χ0v) is 7.38. The Morgan fingerprint density at radius 3 is 3.00 bits per heavy atom. The first kappa shape index (κ1) is 9.25. The summed E-state index contributed by atoms with van der Waals surface area (Å²) < 4.78 is 0. The van der Waals surface area contributed by atoms with E-state index in [9.17, 15) is 0 Å². The lowest BCUT2D eigenvalue weighted by Gasteiger charge is -1.97. The molecule has 0 fully saturated rings. The molecule has 66 valence electrons. The summed E-state index contributed by atoms with van der Waals surface area (Å²) in [6.07, 6.45) is 6.39. The minimum absolute atomic E-state index is 0.759. The molecule has 4 heteroatoms. The van der Waals surface area contributed by atoms with Crippen molar-refractivity contribution in [3.05, 3.63) is 30.4 Å². The molecule has 0 bridgehead atoms. The average Bonchev–Trinajstić information content (AvgIpc) is 2.21. The standard InChI is InChI=1S/C9H10N4/c1-3-8(12-6-10-2)9-4-5-11-7-13-9/h3-7H,2H2,1H3/b8-3-,12-6-. The molecule has 0 N–H and O–H groups in total. The Hall–Kier alpha value is -1.84. The lowest BCUT2D eigenvalue weighted by molar-refractivity contribution is 1.13. The highest BCUT2D eigenvalue weighted by Crippen LogP contribution is 2.10. The molecule has 0 radical (unpaired) electrons. The lowest BCUT2D eigenvalue weighted by atomic mass is 10.3. The highest BCUT2D eigenvalue weighted by atomic mass is 14.9. The maximum absolute atomic E-state index is 4.05. The summed E-state index contributed by atoms with van der Waals surface area (Å²) in [7, 11) is 0. The van der Waals surface area contributed by atoms with Gasteiger partial charge in [0.05, 0.1) is 11.4 Å². The van der Waals surface area contributed by atoms with E-state index in [1.54, 1.807) is 12.3 Å². The quantitative estimate of drug-likeness (QED) is 0.515. The van der Waals surface area contributed by atoms with Gasteiger partial charge in [-0.1, -0.05) is 6.08 Å². The molecular formula is C9H10N4. The average molecular weight is 174 g/mol. The maximum atomic E-state index is 4.05. The third-order valence-electron chi connectivity index (χ3n) is 1.40. The molecule has 13 heavy (non-hydrogen) atoms. The van der Waals surface area contributed by atoms with Crippen LogP contribution in [0.5, 0.6) is 0 Å². The van der Waals surface area contributed by atoms with E-state index in [1.165, 1.54) is 12.7 Å². The third kappa shape index (κ3) is 2.59. The van der Waals surface area contributed by atoms with Gasteiger partial charge in [-0.2, -0.15) is 0 Å². The molecule has 0 spiro atoms.